The third-order valence-electron chi connectivity index (χ3n) is 6.57. The fraction of sp³-hybridized carbons (Fsp3) is 0.455. The Morgan fingerprint density at radius 3 is 2.40 bits per heavy atom. The molecule has 30 heavy (non-hydrogen) atoms. The zero-order valence-corrected chi connectivity index (χ0v) is 18.3. The van der Waals surface area contributed by atoms with Crippen LogP contribution in [0.5, 0.6) is 0 Å². The molecule has 1 amide bonds. The molecule has 2 aliphatic rings. The summed E-state index contributed by atoms with van der Waals surface area (Å²) in [4.78, 5) is 33.3. The normalized spacial score (nSPS) is 19.6. The molecule has 3 aromatic rings. The summed E-state index contributed by atoms with van der Waals surface area (Å²) in [5, 5.41) is 2.42. The lowest BCUT2D eigenvalue weighted by Gasteiger charge is -2.42. The van der Waals surface area contributed by atoms with Gasteiger partial charge in [0.1, 0.15) is 4.88 Å². The number of halogens is 1. The predicted octanol–water partition coefficient (Wildman–Crippen LogP) is 3.99. The van der Waals surface area contributed by atoms with Gasteiger partial charge >= 0.3 is 5.69 Å². The number of hydrogen-bond donors (Lipinski definition) is 1. The van der Waals surface area contributed by atoms with Crippen LogP contribution in [0.25, 0.3) is 11.0 Å². The molecule has 2 aromatic heterocycles. The number of benzene rings is 1. The molecule has 4 heterocycles. The van der Waals surface area contributed by atoms with E-state index in [1.165, 1.54) is 11.3 Å². The van der Waals surface area contributed by atoms with E-state index in [2.05, 4.69) is 9.88 Å². The SMILES string of the molecule is O=C(c1sccc1Cl)N1CCC(N2CCC(n3c(=O)[nH]c4ccccc43)CC2)CC1. The number of amides is 1. The minimum atomic E-state index is -0.00583. The van der Waals surface area contributed by atoms with Crippen molar-refractivity contribution in [3.63, 3.8) is 0 Å². The van der Waals surface area contributed by atoms with E-state index >= 15 is 0 Å². The summed E-state index contributed by atoms with van der Waals surface area (Å²) in [6.45, 7) is 3.54. The van der Waals surface area contributed by atoms with Gasteiger partial charge in [0.15, 0.2) is 0 Å². The number of aromatic nitrogens is 2. The topological polar surface area (TPSA) is 61.3 Å². The first kappa shape index (κ1) is 19.8. The summed E-state index contributed by atoms with van der Waals surface area (Å²) < 4.78 is 1.94. The number of para-hydroxylation sites is 2. The number of nitrogens with zero attached hydrogens (tertiary/aromatic N) is 3. The van der Waals surface area contributed by atoms with Gasteiger partial charge in [0.25, 0.3) is 5.91 Å². The van der Waals surface area contributed by atoms with Crippen LogP contribution in [0.3, 0.4) is 0 Å². The Labute approximate surface area is 184 Å². The smallest absolute Gasteiger partial charge is 0.326 e. The van der Waals surface area contributed by atoms with Gasteiger partial charge < -0.3 is 14.8 Å². The minimum absolute atomic E-state index is 0.00583. The third kappa shape index (κ3) is 3.59. The Hall–Kier alpha value is -2.09. The lowest BCUT2D eigenvalue weighted by atomic mass is 9.97. The molecule has 0 spiro atoms. The van der Waals surface area contributed by atoms with Crippen molar-refractivity contribution in [1.82, 2.24) is 19.4 Å². The Morgan fingerprint density at radius 1 is 1.00 bits per heavy atom. The Bertz CT molecular complexity index is 1100. The number of nitrogens with one attached hydrogen (secondary N) is 1. The number of rotatable bonds is 3. The quantitative estimate of drug-likeness (QED) is 0.664. The van der Waals surface area contributed by atoms with Gasteiger partial charge in [-0.2, -0.15) is 0 Å². The summed E-state index contributed by atoms with van der Waals surface area (Å²) in [7, 11) is 0. The first-order valence-corrected chi connectivity index (χ1v) is 11.8. The second-order valence-electron chi connectivity index (χ2n) is 8.21. The van der Waals surface area contributed by atoms with E-state index in [0.29, 0.717) is 15.9 Å². The maximum atomic E-state index is 12.7. The lowest BCUT2D eigenvalue weighted by molar-refractivity contribution is 0.0562. The largest absolute Gasteiger partial charge is 0.338 e. The number of likely N-dealkylation sites (tertiary alicyclic amines) is 2. The zero-order chi connectivity index (χ0) is 20.7. The van der Waals surface area contributed by atoms with E-state index in [9.17, 15) is 9.59 Å². The van der Waals surface area contributed by atoms with Crippen molar-refractivity contribution in [2.75, 3.05) is 26.2 Å². The molecule has 0 saturated carbocycles. The number of imidazole rings is 1. The average Bonchev–Trinajstić information content (AvgIpc) is 3.35. The van der Waals surface area contributed by atoms with Crippen LogP contribution >= 0.6 is 22.9 Å². The van der Waals surface area contributed by atoms with Crippen molar-refractivity contribution in [1.29, 1.82) is 0 Å². The molecule has 0 bridgehead atoms. The van der Waals surface area contributed by atoms with Gasteiger partial charge in [-0.3, -0.25) is 9.36 Å². The van der Waals surface area contributed by atoms with Crippen LogP contribution in [-0.2, 0) is 0 Å². The Kier molecular flexibility index (Phi) is 5.43. The predicted molar refractivity (Wildman–Crippen MR) is 121 cm³/mol. The van der Waals surface area contributed by atoms with E-state index in [-0.39, 0.29) is 17.6 Å². The van der Waals surface area contributed by atoms with E-state index < -0.39 is 0 Å². The van der Waals surface area contributed by atoms with Crippen LogP contribution in [0.4, 0.5) is 0 Å². The number of aromatic amines is 1. The molecule has 2 aliphatic heterocycles. The number of H-pyrrole nitrogens is 1. The highest BCUT2D eigenvalue weighted by Crippen LogP contribution is 2.29. The van der Waals surface area contributed by atoms with Crippen molar-refractivity contribution < 1.29 is 4.79 Å². The van der Waals surface area contributed by atoms with Crippen molar-refractivity contribution in [3.8, 4) is 0 Å². The molecule has 0 aliphatic carbocycles. The number of carbonyl (C=O) groups is 1. The van der Waals surface area contributed by atoms with Crippen LogP contribution in [-0.4, -0.2) is 57.5 Å². The molecule has 8 heteroatoms. The number of piperidine rings is 2. The average molecular weight is 445 g/mol. The van der Waals surface area contributed by atoms with Crippen LogP contribution < -0.4 is 5.69 Å². The zero-order valence-electron chi connectivity index (χ0n) is 16.7. The van der Waals surface area contributed by atoms with Crippen LogP contribution in [0.2, 0.25) is 5.02 Å². The maximum absolute atomic E-state index is 12.7. The van der Waals surface area contributed by atoms with E-state index in [4.69, 9.17) is 11.6 Å². The summed E-state index contributed by atoms with van der Waals surface area (Å²) in [6.07, 6.45) is 3.94. The minimum Gasteiger partial charge on any atom is -0.338 e. The highest BCUT2D eigenvalue weighted by Gasteiger charge is 2.31. The molecule has 2 saturated heterocycles. The Morgan fingerprint density at radius 2 is 1.70 bits per heavy atom. The maximum Gasteiger partial charge on any atom is 0.326 e. The highest BCUT2D eigenvalue weighted by molar-refractivity contribution is 7.12. The van der Waals surface area contributed by atoms with Gasteiger partial charge in [0.05, 0.1) is 16.1 Å². The molecule has 158 valence electrons. The molecule has 1 N–H and O–H groups in total. The van der Waals surface area contributed by atoms with Gasteiger partial charge in [0, 0.05) is 38.3 Å². The van der Waals surface area contributed by atoms with Crippen molar-refractivity contribution in [2.24, 2.45) is 0 Å². The van der Waals surface area contributed by atoms with Crippen molar-refractivity contribution in [3.05, 3.63) is 56.1 Å². The standard InChI is InChI=1S/C22H25ClN4O2S/c23-17-9-14-30-20(17)21(28)26-12-5-15(6-13-26)25-10-7-16(8-11-25)27-19-4-2-1-3-18(19)24-22(27)29/h1-4,9,14-16H,5-8,10-13H2,(H,24,29). The molecule has 5 rings (SSSR count). The van der Waals surface area contributed by atoms with Gasteiger partial charge in [-0.25, -0.2) is 4.79 Å². The van der Waals surface area contributed by atoms with Crippen LogP contribution in [0, 0.1) is 0 Å². The van der Waals surface area contributed by atoms with E-state index in [0.717, 1.165) is 62.9 Å². The second-order valence-corrected chi connectivity index (χ2v) is 9.53. The summed E-state index contributed by atoms with van der Waals surface area (Å²) in [5.74, 6) is 0.0610. The molecule has 6 nitrogen and oxygen atoms in total. The summed E-state index contributed by atoms with van der Waals surface area (Å²) in [6, 6.07) is 10.5. The lowest BCUT2D eigenvalue weighted by Crippen LogP contribution is -2.49. The summed E-state index contributed by atoms with van der Waals surface area (Å²) >= 11 is 7.55. The fourth-order valence-corrected chi connectivity index (χ4v) is 6.07. The molecule has 2 fully saturated rings. The highest BCUT2D eigenvalue weighted by atomic mass is 35.5. The third-order valence-corrected chi connectivity index (χ3v) is 7.90. The van der Waals surface area contributed by atoms with Crippen molar-refractivity contribution >= 4 is 39.9 Å². The van der Waals surface area contributed by atoms with Crippen LogP contribution in [0.15, 0.2) is 40.5 Å². The number of hydrogen-bond acceptors (Lipinski definition) is 4. The molecule has 0 unspecified atom stereocenters. The van der Waals surface area contributed by atoms with Crippen molar-refractivity contribution in [2.45, 2.75) is 37.8 Å². The van der Waals surface area contributed by atoms with E-state index in [1.54, 1.807) is 6.07 Å². The van der Waals surface area contributed by atoms with Crippen LogP contribution in [0.1, 0.15) is 41.4 Å². The molecule has 0 atom stereocenters. The summed E-state index contributed by atoms with van der Waals surface area (Å²) in [5.41, 5.74) is 1.90. The molecular formula is C22H25ClN4O2S. The molecular weight excluding hydrogens is 420 g/mol. The monoisotopic (exact) mass is 444 g/mol. The Balaban J connectivity index is 1.19. The first-order valence-electron chi connectivity index (χ1n) is 10.6. The molecule has 1 aromatic carbocycles. The van der Waals surface area contributed by atoms with Gasteiger partial charge in [-0.1, -0.05) is 23.7 Å². The number of thiophene rings is 1. The fourth-order valence-electron chi connectivity index (χ4n) is 4.97. The van der Waals surface area contributed by atoms with Gasteiger partial charge in [0.2, 0.25) is 0 Å². The van der Waals surface area contributed by atoms with Gasteiger partial charge in [-0.15, -0.1) is 11.3 Å². The first-order chi connectivity index (χ1) is 14.6. The molecule has 0 radical (unpaired) electrons. The van der Waals surface area contributed by atoms with E-state index in [1.807, 2.05) is 39.1 Å². The number of carbonyl (C=O) groups excluding carboxylic acids is 1. The number of fused-ring (bicyclic) bond motifs is 1. The second kappa shape index (κ2) is 8.21. The van der Waals surface area contributed by atoms with Gasteiger partial charge in [-0.05, 0) is 49.3 Å².